The van der Waals surface area contributed by atoms with E-state index < -0.39 is 8.25 Å². The van der Waals surface area contributed by atoms with Crippen LogP contribution in [0.4, 0.5) is 0 Å². The molecule has 0 spiro atoms. The third kappa shape index (κ3) is 4.12. The molecule has 0 aromatic heterocycles. The van der Waals surface area contributed by atoms with Crippen molar-refractivity contribution in [3.05, 3.63) is 83.9 Å². The minimum absolute atomic E-state index is 0.321. The molecular weight excluding hydrogens is 295 g/mol. The summed E-state index contributed by atoms with van der Waals surface area (Å²) in [6.07, 6.45) is 0. The van der Waals surface area contributed by atoms with E-state index in [0.29, 0.717) is 11.5 Å². The highest BCUT2D eigenvalue weighted by Crippen LogP contribution is 2.36. The minimum Gasteiger partial charge on any atom is -0.418 e. The zero-order valence-corrected chi connectivity index (χ0v) is 13.8. The first-order valence-corrected chi connectivity index (χ1v) is 8.10. The Labute approximate surface area is 131 Å². The number of hydrogen-bond donors (Lipinski definition) is 0. The average molecular weight is 314 g/mol. The van der Waals surface area contributed by atoms with E-state index in [-0.39, 0.29) is 0 Å². The largest absolute Gasteiger partial charge is 0.418 e. The van der Waals surface area contributed by atoms with Crippen molar-refractivity contribution in [1.82, 2.24) is 0 Å². The number of hydrogen-bond acceptors (Lipinski definition) is 3. The molecule has 0 radical (unpaired) electrons. The first kappa shape index (κ1) is 16.1. The molecule has 0 aliphatic carbocycles. The Morgan fingerprint density at radius 2 is 1.50 bits per heavy atom. The molecule has 4 heteroatoms. The van der Waals surface area contributed by atoms with Crippen LogP contribution in [0.3, 0.4) is 0 Å². The molecule has 0 saturated carbocycles. The fourth-order valence-electron chi connectivity index (χ4n) is 1.96. The Bertz CT molecular complexity index is 717. The highest BCUT2D eigenvalue weighted by atomic mass is 31.1. The Balaban J connectivity index is 1.98. The average Bonchev–Trinajstić information content (AvgIpc) is 2.48. The molecule has 2 aromatic carbocycles. The van der Waals surface area contributed by atoms with Crippen molar-refractivity contribution in [3.63, 3.8) is 0 Å². The van der Waals surface area contributed by atoms with E-state index in [0.717, 1.165) is 22.3 Å². The lowest BCUT2D eigenvalue weighted by Gasteiger charge is -2.13. The zero-order valence-electron chi connectivity index (χ0n) is 12.8. The predicted molar refractivity (Wildman–Crippen MR) is 91.6 cm³/mol. The maximum atomic E-state index is 12.0. The summed E-state index contributed by atoms with van der Waals surface area (Å²) in [6.45, 7) is 11.5. The van der Waals surface area contributed by atoms with Crippen molar-refractivity contribution >= 4 is 19.8 Å². The molecule has 0 bridgehead atoms. The molecule has 2 aromatic rings. The van der Waals surface area contributed by atoms with Gasteiger partial charge in [0.2, 0.25) is 0 Å². The van der Waals surface area contributed by atoms with Crippen LogP contribution in [0.2, 0.25) is 0 Å². The second-order valence-electron chi connectivity index (χ2n) is 4.98. The Morgan fingerprint density at radius 1 is 0.909 bits per heavy atom. The minimum atomic E-state index is -2.76. The van der Waals surface area contributed by atoms with Gasteiger partial charge in [0.05, 0.1) is 0 Å². The van der Waals surface area contributed by atoms with E-state index in [1.807, 2.05) is 62.4 Å². The standard InChI is InChI=1S/C18H19O3P/c1-13-9-11-17(12-10-13)15(3)20-22(19)21-16(4)18-8-6-5-7-14(18)2/h5-12,22H,3-4H2,1-2H3. The van der Waals surface area contributed by atoms with Gasteiger partial charge in [-0.3, -0.25) is 0 Å². The quantitative estimate of drug-likeness (QED) is 0.531. The highest BCUT2D eigenvalue weighted by Gasteiger charge is 2.10. The second-order valence-corrected chi connectivity index (χ2v) is 5.89. The summed E-state index contributed by atoms with van der Waals surface area (Å²) in [6, 6.07) is 15.2. The van der Waals surface area contributed by atoms with Crippen LogP contribution < -0.4 is 0 Å². The van der Waals surface area contributed by atoms with Crippen LogP contribution in [-0.2, 0) is 13.6 Å². The molecule has 114 valence electrons. The molecule has 0 heterocycles. The maximum absolute atomic E-state index is 12.0. The lowest BCUT2D eigenvalue weighted by atomic mass is 10.1. The summed E-state index contributed by atoms with van der Waals surface area (Å²) >= 11 is 0. The van der Waals surface area contributed by atoms with Gasteiger partial charge in [-0.2, -0.15) is 0 Å². The molecule has 22 heavy (non-hydrogen) atoms. The third-order valence-corrected chi connectivity index (χ3v) is 4.06. The molecule has 1 unspecified atom stereocenters. The topological polar surface area (TPSA) is 35.5 Å². The molecular formula is C18H19O3P. The molecule has 2 rings (SSSR count). The van der Waals surface area contributed by atoms with Gasteiger partial charge in [-0.1, -0.05) is 67.3 Å². The third-order valence-electron chi connectivity index (χ3n) is 3.23. The van der Waals surface area contributed by atoms with Gasteiger partial charge in [0.25, 0.3) is 0 Å². The monoisotopic (exact) mass is 314 g/mol. The van der Waals surface area contributed by atoms with E-state index in [2.05, 4.69) is 13.2 Å². The second kappa shape index (κ2) is 7.15. The van der Waals surface area contributed by atoms with Gasteiger partial charge in [0.15, 0.2) is 0 Å². The van der Waals surface area contributed by atoms with Crippen LogP contribution in [0, 0.1) is 13.8 Å². The van der Waals surface area contributed by atoms with Crippen LogP contribution in [-0.4, -0.2) is 0 Å². The molecule has 0 amide bonds. The summed E-state index contributed by atoms with van der Waals surface area (Å²) in [4.78, 5) is 0. The maximum Gasteiger partial charge on any atom is 0.418 e. The fourth-order valence-corrected chi connectivity index (χ4v) is 2.63. The van der Waals surface area contributed by atoms with Crippen LogP contribution in [0.1, 0.15) is 22.3 Å². The Kier molecular flexibility index (Phi) is 5.24. The van der Waals surface area contributed by atoms with Gasteiger partial charge in [-0.25, -0.2) is 4.57 Å². The van der Waals surface area contributed by atoms with Crippen molar-refractivity contribution in [3.8, 4) is 0 Å². The lowest BCUT2D eigenvalue weighted by molar-refractivity contribution is 0.383. The zero-order chi connectivity index (χ0) is 16.1. The van der Waals surface area contributed by atoms with Gasteiger partial charge in [-0.05, 0) is 19.4 Å². The van der Waals surface area contributed by atoms with Gasteiger partial charge in [0.1, 0.15) is 11.5 Å². The van der Waals surface area contributed by atoms with Crippen LogP contribution in [0.25, 0.3) is 11.5 Å². The van der Waals surface area contributed by atoms with Crippen molar-refractivity contribution in [1.29, 1.82) is 0 Å². The van der Waals surface area contributed by atoms with E-state index in [4.69, 9.17) is 9.05 Å². The van der Waals surface area contributed by atoms with Crippen LogP contribution in [0.15, 0.2) is 61.7 Å². The summed E-state index contributed by atoms with van der Waals surface area (Å²) in [7, 11) is -2.76. The molecule has 3 nitrogen and oxygen atoms in total. The summed E-state index contributed by atoms with van der Waals surface area (Å²) in [5.41, 5.74) is 3.72. The Morgan fingerprint density at radius 3 is 2.14 bits per heavy atom. The summed E-state index contributed by atoms with van der Waals surface area (Å²) in [5.74, 6) is 0.653. The molecule has 0 fully saturated rings. The molecule has 0 saturated heterocycles. The van der Waals surface area contributed by atoms with Crippen LogP contribution >= 0.6 is 8.25 Å². The van der Waals surface area contributed by atoms with Crippen molar-refractivity contribution in [2.75, 3.05) is 0 Å². The summed E-state index contributed by atoms with van der Waals surface area (Å²) in [5, 5.41) is 0. The van der Waals surface area contributed by atoms with E-state index in [9.17, 15) is 4.57 Å². The van der Waals surface area contributed by atoms with Gasteiger partial charge >= 0.3 is 8.25 Å². The molecule has 0 aliphatic rings. The van der Waals surface area contributed by atoms with E-state index in [1.54, 1.807) is 0 Å². The first-order chi connectivity index (χ1) is 10.5. The van der Waals surface area contributed by atoms with Gasteiger partial charge in [-0.15, -0.1) is 0 Å². The lowest BCUT2D eigenvalue weighted by Crippen LogP contribution is -1.90. The normalized spacial score (nSPS) is 11.5. The van der Waals surface area contributed by atoms with E-state index in [1.165, 1.54) is 0 Å². The number of rotatable bonds is 6. The van der Waals surface area contributed by atoms with Gasteiger partial charge in [0, 0.05) is 11.1 Å². The van der Waals surface area contributed by atoms with Crippen molar-refractivity contribution in [2.24, 2.45) is 0 Å². The summed E-state index contributed by atoms with van der Waals surface area (Å²) < 4.78 is 22.6. The van der Waals surface area contributed by atoms with Gasteiger partial charge < -0.3 is 9.05 Å². The van der Waals surface area contributed by atoms with Crippen molar-refractivity contribution in [2.45, 2.75) is 13.8 Å². The molecule has 0 aliphatic heterocycles. The number of aryl methyl sites for hydroxylation is 2. The van der Waals surface area contributed by atoms with Crippen molar-refractivity contribution < 1.29 is 13.6 Å². The SMILES string of the molecule is C=C(O[PH](=O)OC(=C)c1ccccc1C)c1ccc(C)cc1. The smallest absolute Gasteiger partial charge is 0.418 e. The first-order valence-electron chi connectivity index (χ1n) is 6.88. The predicted octanol–water partition coefficient (Wildman–Crippen LogP) is 5.37. The van der Waals surface area contributed by atoms with E-state index >= 15 is 0 Å². The highest BCUT2D eigenvalue weighted by molar-refractivity contribution is 7.34. The Hall–Kier alpha value is -2.25. The molecule has 1 atom stereocenters. The number of benzene rings is 2. The van der Waals surface area contributed by atoms with Crippen LogP contribution in [0.5, 0.6) is 0 Å². The fraction of sp³-hybridized carbons (Fsp3) is 0.111. The molecule has 0 N–H and O–H groups in total.